The first kappa shape index (κ1) is 28.3. The van der Waals surface area contributed by atoms with E-state index in [1.54, 1.807) is 0 Å². The van der Waals surface area contributed by atoms with Gasteiger partial charge in [0.25, 0.3) is 10.1 Å². The van der Waals surface area contributed by atoms with E-state index in [0.717, 1.165) is 25.3 Å². The van der Waals surface area contributed by atoms with Gasteiger partial charge in [-0.05, 0) is 12.5 Å². The van der Waals surface area contributed by atoms with Gasteiger partial charge in [-0.1, -0.05) is 90.6 Å². The first-order chi connectivity index (χ1) is 11.9. The predicted molar refractivity (Wildman–Crippen MR) is 111 cm³/mol. The maximum atomic E-state index is 11.3. The van der Waals surface area contributed by atoms with Crippen LogP contribution in [0.1, 0.15) is 90.4 Å². The predicted octanol–water partition coefficient (Wildman–Crippen LogP) is 3.99. The molecule has 0 fully saturated rings. The molecular weight excluding hydrogens is 361 g/mol. The number of hydrogen-bond acceptors (Lipinski definition) is 3. The monoisotopic (exact) mass is 399 g/mol. The van der Waals surface area contributed by atoms with Crippen LogP contribution in [0.4, 0.5) is 0 Å². The van der Waals surface area contributed by atoms with Gasteiger partial charge in [-0.25, -0.2) is 0 Å². The molecule has 2 N–H and O–H groups in total. The van der Waals surface area contributed by atoms with Crippen LogP contribution >= 0.6 is 0 Å². The van der Waals surface area contributed by atoms with E-state index in [2.05, 4.69) is 18.8 Å². The number of carbonyl (C=O) groups excluding carboxylic acids is 1. The Morgan fingerprint density at radius 3 is 1.77 bits per heavy atom. The molecule has 1 amide bonds. The summed E-state index contributed by atoms with van der Waals surface area (Å²) in [5.74, 6) is -0.850. The minimum atomic E-state index is -4.09. The standard InChI is InChI=1S/C19H37NO4S.Na.H/c1-3-5-6-7-8-9-10-11-12-13-14-15-16-18(17-25(22,23)24)20-19(21)4-2;;/h4,18H,2-3,5-17H2,1H3,(H,20,21)(H,22,23,24);;. The van der Waals surface area contributed by atoms with Crippen LogP contribution in [-0.4, -0.2) is 60.2 Å². The Labute approximate surface area is 182 Å². The summed E-state index contributed by atoms with van der Waals surface area (Å²) in [7, 11) is -4.09. The Bertz CT molecular complexity index is 454. The number of unbranched alkanes of at least 4 members (excludes halogenated alkanes) is 11. The van der Waals surface area contributed by atoms with Crippen LogP contribution in [0, 0.1) is 0 Å². The van der Waals surface area contributed by atoms with Gasteiger partial charge >= 0.3 is 29.6 Å². The normalized spacial score (nSPS) is 12.2. The van der Waals surface area contributed by atoms with Gasteiger partial charge in [-0.15, -0.1) is 0 Å². The van der Waals surface area contributed by atoms with Crippen molar-refractivity contribution in [1.29, 1.82) is 0 Å². The topological polar surface area (TPSA) is 83.5 Å². The number of nitrogens with one attached hydrogen (secondary N) is 1. The Morgan fingerprint density at radius 2 is 1.38 bits per heavy atom. The SMILES string of the molecule is C=CC(=O)NC(CCCCCCCCCCCCCC)CS(=O)(=O)O.[NaH]. The zero-order valence-electron chi connectivity index (χ0n) is 15.8. The summed E-state index contributed by atoms with van der Waals surface area (Å²) in [5, 5.41) is 2.57. The molecule has 5 nitrogen and oxygen atoms in total. The molecule has 0 bridgehead atoms. The molecule has 0 aromatic rings. The second-order valence-electron chi connectivity index (χ2n) is 6.84. The fraction of sp³-hybridized carbons (Fsp3) is 0.842. The van der Waals surface area contributed by atoms with Crippen molar-refractivity contribution in [3.63, 3.8) is 0 Å². The van der Waals surface area contributed by atoms with Crippen LogP contribution in [0.15, 0.2) is 12.7 Å². The summed E-state index contributed by atoms with van der Waals surface area (Å²) in [6, 6.07) is -0.552. The van der Waals surface area contributed by atoms with Crippen LogP contribution in [0.5, 0.6) is 0 Å². The summed E-state index contributed by atoms with van der Waals surface area (Å²) in [4.78, 5) is 11.3. The van der Waals surface area contributed by atoms with Crippen molar-refractivity contribution in [3.05, 3.63) is 12.7 Å². The molecule has 7 heteroatoms. The van der Waals surface area contributed by atoms with Crippen LogP contribution in [0.3, 0.4) is 0 Å². The van der Waals surface area contributed by atoms with Gasteiger partial charge in [0.15, 0.2) is 0 Å². The molecule has 0 radical (unpaired) electrons. The summed E-state index contributed by atoms with van der Waals surface area (Å²) >= 11 is 0. The quantitative estimate of drug-likeness (QED) is 0.168. The van der Waals surface area contributed by atoms with E-state index in [1.165, 1.54) is 57.8 Å². The van der Waals surface area contributed by atoms with Crippen LogP contribution in [0.25, 0.3) is 0 Å². The Morgan fingerprint density at radius 1 is 0.962 bits per heavy atom. The van der Waals surface area contributed by atoms with E-state index in [-0.39, 0.29) is 29.6 Å². The molecule has 0 aromatic heterocycles. The molecule has 150 valence electrons. The fourth-order valence-electron chi connectivity index (χ4n) is 2.94. The Hall–Kier alpha value is 0.120. The molecule has 0 spiro atoms. The number of amides is 1. The average Bonchev–Trinajstić information content (AvgIpc) is 2.54. The molecule has 1 atom stereocenters. The van der Waals surface area contributed by atoms with Crippen molar-refractivity contribution in [2.24, 2.45) is 0 Å². The van der Waals surface area contributed by atoms with Gasteiger partial charge in [0.2, 0.25) is 5.91 Å². The summed E-state index contributed by atoms with van der Waals surface area (Å²) in [5.41, 5.74) is 0. The van der Waals surface area contributed by atoms with Gasteiger partial charge < -0.3 is 5.32 Å². The molecular formula is C19H38NNaO4S. The molecule has 0 saturated carbocycles. The molecule has 0 aliphatic rings. The second kappa shape index (κ2) is 18.5. The van der Waals surface area contributed by atoms with E-state index < -0.39 is 27.8 Å². The Kier molecular flexibility index (Phi) is 20.1. The number of hydrogen-bond donors (Lipinski definition) is 2. The van der Waals surface area contributed by atoms with E-state index >= 15 is 0 Å². The zero-order valence-corrected chi connectivity index (χ0v) is 16.7. The van der Waals surface area contributed by atoms with Crippen molar-refractivity contribution in [2.45, 2.75) is 96.4 Å². The van der Waals surface area contributed by atoms with E-state index in [4.69, 9.17) is 4.55 Å². The molecule has 1 unspecified atom stereocenters. The van der Waals surface area contributed by atoms with Crippen molar-refractivity contribution < 1.29 is 17.8 Å². The molecule has 0 saturated heterocycles. The van der Waals surface area contributed by atoms with Crippen molar-refractivity contribution >= 4 is 45.6 Å². The number of carbonyl (C=O) groups is 1. The number of rotatable bonds is 17. The second-order valence-corrected chi connectivity index (χ2v) is 8.33. The summed E-state index contributed by atoms with van der Waals surface area (Å²) in [6.45, 7) is 5.59. The zero-order chi connectivity index (χ0) is 19.0. The first-order valence-corrected chi connectivity index (χ1v) is 11.4. The van der Waals surface area contributed by atoms with Crippen molar-refractivity contribution in [1.82, 2.24) is 5.32 Å². The molecule has 0 aliphatic heterocycles. The Balaban J connectivity index is 0. The van der Waals surface area contributed by atoms with E-state index in [9.17, 15) is 13.2 Å². The van der Waals surface area contributed by atoms with Crippen molar-refractivity contribution in [3.8, 4) is 0 Å². The van der Waals surface area contributed by atoms with Crippen LogP contribution < -0.4 is 5.32 Å². The third-order valence-corrected chi connectivity index (χ3v) is 5.17. The molecule has 0 aromatic carbocycles. The maximum absolute atomic E-state index is 11.3. The third kappa shape index (κ3) is 20.4. The van der Waals surface area contributed by atoms with Gasteiger partial charge in [0.05, 0.1) is 5.75 Å². The first-order valence-electron chi connectivity index (χ1n) is 9.77. The van der Waals surface area contributed by atoms with Crippen molar-refractivity contribution in [2.75, 3.05) is 5.75 Å². The molecule has 0 heterocycles. The minimum absolute atomic E-state index is 0. The summed E-state index contributed by atoms with van der Waals surface area (Å²) < 4.78 is 31.0. The fourth-order valence-corrected chi connectivity index (χ4v) is 3.70. The van der Waals surface area contributed by atoms with Crippen LogP contribution in [-0.2, 0) is 14.9 Å². The molecule has 0 aliphatic carbocycles. The molecule has 26 heavy (non-hydrogen) atoms. The van der Waals surface area contributed by atoms with Gasteiger partial charge in [0, 0.05) is 6.04 Å². The summed E-state index contributed by atoms with van der Waals surface area (Å²) in [6.07, 6.45) is 16.5. The van der Waals surface area contributed by atoms with Gasteiger partial charge in [-0.3, -0.25) is 9.35 Å². The average molecular weight is 400 g/mol. The third-order valence-electron chi connectivity index (χ3n) is 4.35. The van der Waals surface area contributed by atoms with Crippen LogP contribution in [0.2, 0.25) is 0 Å². The van der Waals surface area contributed by atoms with Gasteiger partial charge in [-0.2, -0.15) is 8.42 Å². The van der Waals surface area contributed by atoms with E-state index in [1.807, 2.05) is 0 Å². The van der Waals surface area contributed by atoms with E-state index in [0.29, 0.717) is 6.42 Å². The molecule has 0 rings (SSSR count). The van der Waals surface area contributed by atoms with Gasteiger partial charge in [0.1, 0.15) is 0 Å².